The number of carbonyl (C=O) groups is 1. The molecule has 0 spiro atoms. The lowest BCUT2D eigenvalue weighted by Crippen LogP contribution is -2.51. The number of nitrogen functional groups attached to an aromatic ring is 1. The zero-order valence-corrected chi connectivity index (χ0v) is 21.0. The minimum absolute atomic E-state index is 0.0940. The van der Waals surface area contributed by atoms with Crippen LogP contribution in [0.15, 0.2) is 59.5 Å². The molecule has 2 aliphatic rings. The summed E-state index contributed by atoms with van der Waals surface area (Å²) in [5.74, 6) is -5.47. The first kappa shape index (κ1) is 16.4. The van der Waals surface area contributed by atoms with Crippen molar-refractivity contribution in [2.45, 2.75) is 55.9 Å². The summed E-state index contributed by atoms with van der Waals surface area (Å²) in [4.78, 5) is 12.6. The number of benzene rings is 2. The zero-order valence-electron chi connectivity index (χ0n) is 32.2. The van der Waals surface area contributed by atoms with Gasteiger partial charge >= 0.3 is 6.09 Å². The SMILES string of the molecule is [2H]C1([2H])CO[C@]2([2H])OC[C@H](OC(=O)N[C@@H](Cc3ccccc3)[C@H](O)CN(C([2H])([2H])C([2H])(C([2H])([2H])[2H])C([2H])([2H])[2H])S(=O)(=O)c3ccc(N)cc3)[C@H]12. The van der Waals surface area contributed by atoms with Gasteiger partial charge in [-0.1, -0.05) is 44.0 Å². The molecule has 2 aromatic carbocycles. The fourth-order valence-electron chi connectivity index (χ4n) is 4.02. The van der Waals surface area contributed by atoms with E-state index in [0.29, 0.717) is 5.56 Å². The van der Waals surface area contributed by atoms with Gasteiger partial charge in [0, 0.05) is 33.8 Å². The highest BCUT2D eigenvalue weighted by Gasteiger charge is 2.44. The lowest BCUT2D eigenvalue weighted by Gasteiger charge is -2.31. The minimum atomic E-state index is -5.27. The predicted molar refractivity (Wildman–Crippen MR) is 142 cm³/mol. The number of amides is 1. The summed E-state index contributed by atoms with van der Waals surface area (Å²) in [6.07, 6.45) is -9.26. The first-order chi connectivity index (χ1) is 22.8. The third-order valence-corrected chi connectivity index (χ3v) is 7.60. The molecule has 0 aromatic heterocycles. The third-order valence-electron chi connectivity index (χ3n) is 5.92. The number of hydrogen-bond acceptors (Lipinski definition) is 8. The van der Waals surface area contributed by atoms with E-state index >= 15 is 0 Å². The Morgan fingerprint density at radius 2 is 2.05 bits per heavy atom. The van der Waals surface area contributed by atoms with Crippen molar-refractivity contribution in [1.29, 1.82) is 0 Å². The summed E-state index contributed by atoms with van der Waals surface area (Å²) in [6.45, 7) is -14.3. The zero-order chi connectivity index (χ0) is 37.7. The second kappa shape index (κ2) is 12.4. The van der Waals surface area contributed by atoms with E-state index in [1.807, 2.05) is 0 Å². The topological polar surface area (TPSA) is 140 Å². The summed E-state index contributed by atoms with van der Waals surface area (Å²) in [7, 11) is -5.27. The molecule has 0 saturated carbocycles. The van der Waals surface area contributed by atoms with Gasteiger partial charge in [-0.05, 0) is 48.5 Å². The first-order valence-corrected chi connectivity index (χ1v) is 13.1. The van der Waals surface area contributed by atoms with Gasteiger partial charge in [-0.15, -0.1) is 0 Å². The van der Waals surface area contributed by atoms with Crippen molar-refractivity contribution in [2.75, 3.05) is 32.0 Å². The molecular weight excluding hydrogens is 510 g/mol. The van der Waals surface area contributed by atoms with E-state index in [0.717, 1.165) is 24.3 Å². The molecular formula is C27H37N3O7S. The fourth-order valence-corrected chi connectivity index (χ4v) is 5.31. The summed E-state index contributed by atoms with van der Waals surface area (Å²) < 4.78 is 141. The molecule has 2 saturated heterocycles. The highest BCUT2D eigenvalue weighted by atomic mass is 32.2. The second-order valence-corrected chi connectivity index (χ2v) is 10.5. The largest absolute Gasteiger partial charge is 0.443 e. The van der Waals surface area contributed by atoms with Gasteiger partial charge in [0.25, 0.3) is 0 Å². The maximum Gasteiger partial charge on any atom is 0.407 e. The lowest BCUT2D eigenvalue weighted by molar-refractivity contribution is -0.0907. The molecule has 2 aromatic rings. The average Bonchev–Trinajstić information content (AvgIpc) is 3.46. The van der Waals surface area contributed by atoms with Crippen LogP contribution < -0.4 is 11.1 Å². The van der Waals surface area contributed by atoms with E-state index in [2.05, 4.69) is 5.32 Å². The molecule has 4 N–H and O–H groups in total. The van der Waals surface area contributed by atoms with Crippen molar-refractivity contribution in [2.24, 2.45) is 11.8 Å². The summed E-state index contributed by atoms with van der Waals surface area (Å²) >= 11 is 0. The molecule has 0 aliphatic carbocycles. The average molecular weight is 560 g/mol. The Morgan fingerprint density at radius 1 is 1.32 bits per heavy atom. The quantitative estimate of drug-likeness (QED) is 0.357. The van der Waals surface area contributed by atoms with Crippen molar-refractivity contribution < 1.29 is 49.0 Å². The number of sulfonamides is 1. The number of rotatable bonds is 11. The van der Waals surface area contributed by atoms with Crippen LogP contribution in [-0.4, -0.2) is 74.7 Å². The summed E-state index contributed by atoms with van der Waals surface area (Å²) in [5.41, 5.74) is 6.22. The summed E-state index contributed by atoms with van der Waals surface area (Å²) in [6, 6.07) is 10.6. The molecule has 2 aliphatic heterocycles. The molecule has 11 heteroatoms. The van der Waals surface area contributed by atoms with Crippen LogP contribution in [-0.2, 0) is 30.7 Å². The monoisotopic (exact) mass is 559 g/mol. The number of ether oxygens (including phenoxy) is 3. The maximum absolute atomic E-state index is 14.0. The van der Waals surface area contributed by atoms with Crippen LogP contribution in [0.1, 0.15) is 42.1 Å². The van der Waals surface area contributed by atoms with Gasteiger partial charge in [0.05, 0.1) is 37.5 Å². The van der Waals surface area contributed by atoms with Crippen LogP contribution in [0.25, 0.3) is 0 Å². The Bertz CT molecular complexity index is 1620. The molecule has 38 heavy (non-hydrogen) atoms. The van der Waals surface area contributed by atoms with Gasteiger partial charge in [0.15, 0.2) is 6.27 Å². The number of anilines is 1. The maximum atomic E-state index is 14.0. The Morgan fingerprint density at radius 3 is 2.76 bits per heavy atom. The summed E-state index contributed by atoms with van der Waals surface area (Å²) in [5, 5.41) is 13.9. The van der Waals surface area contributed by atoms with Crippen LogP contribution in [0.5, 0.6) is 0 Å². The van der Waals surface area contributed by atoms with Gasteiger partial charge in [0.1, 0.15) is 6.10 Å². The number of nitrogens with two attached hydrogens (primary N) is 1. The number of aliphatic hydroxyl groups excluding tert-OH is 1. The number of fused-ring (bicyclic) bond motifs is 1. The Labute approximate surface area is 241 Å². The van der Waals surface area contributed by atoms with Crippen LogP contribution in [0, 0.1) is 11.8 Å². The molecule has 2 heterocycles. The predicted octanol–water partition coefficient (Wildman–Crippen LogP) is 2.38. The molecule has 208 valence electrons. The van der Waals surface area contributed by atoms with Crippen molar-refractivity contribution >= 4 is 21.8 Å². The van der Waals surface area contributed by atoms with E-state index in [1.54, 1.807) is 30.3 Å². The lowest BCUT2D eigenvalue weighted by atomic mass is 10.0. The standard InChI is InChI=1S/C27H37N3O7S/c1-18(2)15-30(38(33,34)21-10-8-20(28)9-11-21)16-24(31)23(14-19-6-4-3-5-7-19)29-27(32)37-25-17-36-26-22(25)12-13-35-26/h3-11,18,22-26,31H,12-17,28H2,1-2H3,(H,29,32)/t22-,23-,24+,25-,26+/m0/s1/i1D3,2D3,12D2,15D2,18D,26D. The molecule has 0 radical (unpaired) electrons. The highest BCUT2D eigenvalue weighted by molar-refractivity contribution is 7.89. The Balaban J connectivity index is 1.74. The first-order valence-electron chi connectivity index (χ1n) is 17.6. The van der Waals surface area contributed by atoms with Gasteiger partial charge in [-0.2, -0.15) is 4.31 Å². The molecule has 0 bridgehead atoms. The number of nitrogens with zero attached hydrogens (tertiary/aromatic N) is 1. The molecule has 0 unspecified atom stereocenters. The van der Waals surface area contributed by atoms with Crippen LogP contribution >= 0.6 is 0 Å². The van der Waals surface area contributed by atoms with Gasteiger partial charge in [-0.3, -0.25) is 0 Å². The van der Waals surface area contributed by atoms with Crippen molar-refractivity contribution in [1.82, 2.24) is 9.62 Å². The molecule has 4 rings (SSSR count). The second-order valence-electron chi connectivity index (χ2n) is 8.64. The highest BCUT2D eigenvalue weighted by Crippen LogP contribution is 2.33. The van der Waals surface area contributed by atoms with Crippen LogP contribution in [0.2, 0.25) is 0 Å². The van der Waals surface area contributed by atoms with Crippen LogP contribution in [0.4, 0.5) is 10.5 Å². The normalized spacial score (nSPS) is 32.1. The number of carbonyl (C=O) groups excluding carboxylic acids is 1. The van der Waals surface area contributed by atoms with E-state index in [9.17, 15) is 18.3 Å². The van der Waals surface area contributed by atoms with E-state index < -0.39 is 104 Å². The number of aliphatic hydroxyl groups is 1. The Kier molecular flexibility index (Phi) is 5.37. The molecule has 10 nitrogen and oxygen atoms in total. The smallest absolute Gasteiger partial charge is 0.407 e. The molecule has 2 fully saturated rings. The number of nitrogens with one attached hydrogen (secondary N) is 1. The molecule has 1 amide bonds. The van der Waals surface area contributed by atoms with E-state index in [-0.39, 0.29) is 16.4 Å². The van der Waals surface area contributed by atoms with E-state index in [4.69, 9.17) is 36.4 Å². The van der Waals surface area contributed by atoms with Crippen molar-refractivity contribution in [3.8, 4) is 0 Å². The van der Waals surface area contributed by atoms with Crippen LogP contribution in [0.3, 0.4) is 0 Å². The number of alkyl carbamates (subject to hydrolysis) is 1. The van der Waals surface area contributed by atoms with Gasteiger partial charge in [-0.25, -0.2) is 13.2 Å². The van der Waals surface area contributed by atoms with Gasteiger partial charge in [0.2, 0.25) is 10.0 Å². The number of hydrogen-bond donors (Lipinski definition) is 3. The van der Waals surface area contributed by atoms with Crippen molar-refractivity contribution in [3.63, 3.8) is 0 Å². The van der Waals surface area contributed by atoms with E-state index in [1.165, 1.54) is 0 Å². The van der Waals surface area contributed by atoms with Crippen molar-refractivity contribution in [3.05, 3.63) is 60.2 Å². The minimum Gasteiger partial charge on any atom is -0.443 e. The molecule has 5 atom stereocenters. The third kappa shape index (κ3) is 7.03. The van der Waals surface area contributed by atoms with Gasteiger partial charge < -0.3 is 30.4 Å². The Hall–Kier alpha value is -2.70. The fraction of sp³-hybridized carbons (Fsp3) is 0.519.